The van der Waals surface area contributed by atoms with Crippen molar-refractivity contribution in [2.45, 2.75) is 4.90 Å². The molecule has 20 heavy (non-hydrogen) atoms. The number of halogens is 1. The van der Waals surface area contributed by atoms with E-state index in [0.717, 1.165) is 22.5 Å². The van der Waals surface area contributed by atoms with Crippen molar-refractivity contribution in [2.75, 3.05) is 17.1 Å². The molecule has 2 aromatic rings. The highest BCUT2D eigenvalue weighted by Crippen LogP contribution is 2.27. The highest BCUT2D eigenvalue weighted by molar-refractivity contribution is 7.93. The lowest BCUT2D eigenvalue weighted by Gasteiger charge is -2.20. The van der Waals surface area contributed by atoms with E-state index in [0.29, 0.717) is 5.69 Å². The van der Waals surface area contributed by atoms with Crippen LogP contribution in [-0.4, -0.2) is 20.6 Å². The van der Waals surface area contributed by atoms with Crippen LogP contribution in [0.15, 0.2) is 47.4 Å². The second kappa shape index (κ2) is 5.01. The largest absolute Gasteiger partial charge is 0.508 e. The summed E-state index contributed by atoms with van der Waals surface area (Å²) in [5, 5.41) is 9.20. The summed E-state index contributed by atoms with van der Waals surface area (Å²) in [6.45, 7) is 0. The number of sulfonamides is 1. The van der Waals surface area contributed by atoms with Gasteiger partial charge in [0, 0.05) is 7.05 Å². The molecule has 2 aromatic carbocycles. The van der Waals surface area contributed by atoms with Crippen LogP contribution in [0.2, 0.25) is 0 Å². The minimum absolute atomic E-state index is 0.0286. The van der Waals surface area contributed by atoms with E-state index in [1.165, 1.54) is 31.3 Å². The summed E-state index contributed by atoms with van der Waals surface area (Å²) >= 11 is 0. The van der Waals surface area contributed by atoms with Crippen molar-refractivity contribution < 1.29 is 17.9 Å². The molecule has 0 amide bonds. The van der Waals surface area contributed by atoms with E-state index in [-0.39, 0.29) is 16.3 Å². The van der Waals surface area contributed by atoms with Crippen molar-refractivity contribution in [3.63, 3.8) is 0 Å². The van der Waals surface area contributed by atoms with Crippen molar-refractivity contribution in [1.82, 2.24) is 0 Å². The molecule has 0 saturated carbocycles. The third kappa shape index (κ3) is 2.53. The molecule has 0 heterocycles. The van der Waals surface area contributed by atoms with E-state index >= 15 is 0 Å². The highest BCUT2D eigenvalue weighted by atomic mass is 32.2. The minimum Gasteiger partial charge on any atom is -0.508 e. The lowest BCUT2D eigenvalue weighted by atomic mass is 10.3. The topological polar surface area (TPSA) is 83.6 Å². The number of benzene rings is 2. The first-order chi connectivity index (χ1) is 9.32. The van der Waals surface area contributed by atoms with Gasteiger partial charge in [-0.1, -0.05) is 0 Å². The third-order valence-electron chi connectivity index (χ3n) is 2.82. The Kier molecular flexibility index (Phi) is 3.54. The monoisotopic (exact) mass is 296 g/mol. The number of anilines is 2. The molecule has 0 aliphatic heterocycles. The molecule has 0 saturated heterocycles. The van der Waals surface area contributed by atoms with Crippen LogP contribution < -0.4 is 10.0 Å². The fourth-order valence-corrected chi connectivity index (χ4v) is 2.99. The lowest BCUT2D eigenvalue weighted by molar-refractivity contribution is 0.475. The zero-order chi connectivity index (χ0) is 14.9. The Morgan fingerprint density at radius 1 is 1.15 bits per heavy atom. The number of hydrogen-bond donors (Lipinski definition) is 2. The van der Waals surface area contributed by atoms with Crippen LogP contribution in [0.3, 0.4) is 0 Å². The van der Waals surface area contributed by atoms with Crippen LogP contribution in [0.25, 0.3) is 0 Å². The maximum atomic E-state index is 13.0. The number of nitrogens with two attached hydrogens (primary N) is 1. The molecule has 0 aliphatic carbocycles. The van der Waals surface area contributed by atoms with Gasteiger partial charge in [0.1, 0.15) is 16.5 Å². The van der Waals surface area contributed by atoms with Gasteiger partial charge in [0.05, 0.1) is 11.4 Å². The Balaban J connectivity index is 2.46. The summed E-state index contributed by atoms with van der Waals surface area (Å²) in [5.41, 5.74) is 5.76. The molecule has 0 aromatic heterocycles. The van der Waals surface area contributed by atoms with Gasteiger partial charge in [-0.15, -0.1) is 0 Å². The SMILES string of the molecule is CN(c1ccc(O)cc1)S(=O)(=O)c1ccc(F)cc1N. The Morgan fingerprint density at radius 3 is 2.30 bits per heavy atom. The summed E-state index contributed by atoms with van der Waals surface area (Å²) in [6.07, 6.45) is 0. The lowest BCUT2D eigenvalue weighted by Crippen LogP contribution is -2.27. The van der Waals surface area contributed by atoms with Gasteiger partial charge in [0.25, 0.3) is 10.0 Å². The van der Waals surface area contributed by atoms with E-state index in [2.05, 4.69) is 0 Å². The third-order valence-corrected chi connectivity index (χ3v) is 4.68. The summed E-state index contributed by atoms with van der Waals surface area (Å²) in [6, 6.07) is 8.76. The Bertz CT molecular complexity index is 730. The molecule has 0 aliphatic rings. The van der Waals surface area contributed by atoms with Crippen LogP contribution in [0, 0.1) is 5.82 Å². The van der Waals surface area contributed by atoms with Crippen LogP contribution in [0.5, 0.6) is 5.75 Å². The zero-order valence-electron chi connectivity index (χ0n) is 10.6. The highest BCUT2D eigenvalue weighted by Gasteiger charge is 2.23. The zero-order valence-corrected chi connectivity index (χ0v) is 11.4. The standard InChI is InChI=1S/C13H13FN2O3S/c1-16(10-3-5-11(17)6-4-10)20(18,19)13-7-2-9(14)8-12(13)15/h2-8,17H,15H2,1H3. The number of nitrogen functional groups attached to an aromatic ring is 1. The Morgan fingerprint density at radius 2 is 1.75 bits per heavy atom. The maximum absolute atomic E-state index is 13.0. The molecule has 0 atom stereocenters. The average molecular weight is 296 g/mol. The summed E-state index contributed by atoms with van der Waals surface area (Å²) in [5.74, 6) is -0.574. The number of phenols is 1. The van der Waals surface area contributed by atoms with Crippen molar-refractivity contribution in [3.8, 4) is 5.75 Å². The number of aromatic hydroxyl groups is 1. The molecule has 106 valence electrons. The second-order valence-electron chi connectivity index (χ2n) is 4.17. The molecule has 5 nitrogen and oxygen atoms in total. The maximum Gasteiger partial charge on any atom is 0.266 e. The fraction of sp³-hybridized carbons (Fsp3) is 0.0769. The molecular weight excluding hydrogens is 283 g/mol. The first-order valence-electron chi connectivity index (χ1n) is 5.65. The molecule has 0 fully saturated rings. The summed E-state index contributed by atoms with van der Waals surface area (Å²) in [4.78, 5) is -0.172. The number of nitrogens with zero attached hydrogens (tertiary/aromatic N) is 1. The van der Waals surface area contributed by atoms with E-state index < -0.39 is 15.8 Å². The first-order valence-corrected chi connectivity index (χ1v) is 7.09. The molecule has 0 bridgehead atoms. The van der Waals surface area contributed by atoms with E-state index in [4.69, 9.17) is 5.73 Å². The van der Waals surface area contributed by atoms with Gasteiger partial charge in [0.2, 0.25) is 0 Å². The molecule has 0 spiro atoms. The normalized spacial score (nSPS) is 11.3. The van der Waals surface area contributed by atoms with Crippen LogP contribution in [-0.2, 0) is 10.0 Å². The molecule has 0 unspecified atom stereocenters. The van der Waals surface area contributed by atoms with Gasteiger partial charge in [-0.3, -0.25) is 4.31 Å². The molecule has 0 radical (unpaired) electrons. The van der Waals surface area contributed by atoms with Crippen LogP contribution in [0.1, 0.15) is 0 Å². The molecular formula is C13H13FN2O3S. The van der Waals surface area contributed by atoms with E-state index in [1.54, 1.807) is 0 Å². The number of hydrogen-bond acceptors (Lipinski definition) is 4. The number of rotatable bonds is 3. The minimum atomic E-state index is -3.89. The summed E-state index contributed by atoms with van der Waals surface area (Å²) < 4.78 is 38.8. The van der Waals surface area contributed by atoms with Gasteiger partial charge in [-0.05, 0) is 42.5 Å². The summed E-state index contributed by atoms with van der Waals surface area (Å²) in [7, 11) is -2.54. The average Bonchev–Trinajstić information content (AvgIpc) is 2.38. The van der Waals surface area contributed by atoms with Gasteiger partial charge < -0.3 is 10.8 Å². The van der Waals surface area contributed by atoms with Crippen LogP contribution >= 0.6 is 0 Å². The number of phenolic OH excluding ortho intramolecular Hbond substituents is 1. The van der Waals surface area contributed by atoms with Gasteiger partial charge >= 0.3 is 0 Å². The smallest absolute Gasteiger partial charge is 0.266 e. The Hall–Kier alpha value is -2.28. The van der Waals surface area contributed by atoms with Gasteiger partial charge in [-0.25, -0.2) is 12.8 Å². The first kappa shape index (κ1) is 14.1. The van der Waals surface area contributed by atoms with Crippen LogP contribution in [0.4, 0.5) is 15.8 Å². The predicted octanol–water partition coefficient (Wildman–Crippen LogP) is 1.94. The quantitative estimate of drug-likeness (QED) is 0.848. The second-order valence-corrected chi connectivity index (χ2v) is 6.11. The van der Waals surface area contributed by atoms with Crippen molar-refractivity contribution in [3.05, 3.63) is 48.3 Å². The van der Waals surface area contributed by atoms with Gasteiger partial charge in [0.15, 0.2) is 0 Å². The van der Waals surface area contributed by atoms with E-state index in [9.17, 15) is 17.9 Å². The van der Waals surface area contributed by atoms with Crippen molar-refractivity contribution in [2.24, 2.45) is 0 Å². The predicted molar refractivity (Wildman–Crippen MR) is 74.5 cm³/mol. The molecule has 3 N–H and O–H groups in total. The molecule has 2 rings (SSSR count). The molecule has 7 heteroatoms. The van der Waals surface area contributed by atoms with Crippen molar-refractivity contribution in [1.29, 1.82) is 0 Å². The Labute approximate surface area is 116 Å². The van der Waals surface area contributed by atoms with Crippen molar-refractivity contribution >= 4 is 21.4 Å². The van der Waals surface area contributed by atoms with Gasteiger partial charge in [-0.2, -0.15) is 0 Å². The van der Waals surface area contributed by atoms with E-state index in [1.807, 2.05) is 0 Å². The fourth-order valence-electron chi connectivity index (χ4n) is 1.70.